The van der Waals surface area contributed by atoms with Crippen LogP contribution in [0.2, 0.25) is 0 Å². The summed E-state index contributed by atoms with van der Waals surface area (Å²) in [4.78, 5) is 11.8. The summed E-state index contributed by atoms with van der Waals surface area (Å²) in [5.74, 6) is 0.923. The number of carbonyl (C=O) groups excluding carboxylic acids is 1. The van der Waals surface area contributed by atoms with Crippen LogP contribution in [0.25, 0.3) is 0 Å². The molecular formula is C17H33NO2. The van der Waals surface area contributed by atoms with E-state index in [1.54, 1.807) is 0 Å². The average Bonchev–Trinajstić information content (AvgIpc) is 2.48. The van der Waals surface area contributed by atoms with Crippen LogP contribution in [-0.4, -0.2) is 25.2 Å². The lowest BCUT2D eigenvalue weighted by Crippen LogP contribution is -2.39. The monoisotopic (exact) mass is 283 g/mol. The molecule has 20 heavy (non-hydrogen) atoms. The van der Waals surface area contributed by atoms with Crippen LogP contribution in [0.15, 0.2) is 0 Å². The van der Waals surface area contributed by atoms with Crippen LogP contribution in [0.3, 0.4) is 0 Å². The Balaban J connectivity index is 2.30. The number of rotatable bonds is 9. The van der Waals surface area contributed by atoms with Gasteiger partial charge in [0.25, 0.3) is 0 Å². The van der Waals surface area contributed by atoms with Crippen LogP contribution >= 0.6 is 0 Å². The van der Waals surface area contributed by atoms with Gasteiger partial charge >= 0.3 is 5.97 Å². The second-order valence-electron chi connectivity index (χ2n) is 6.14. The number of esters is 1. The second kappa shape index (κ2) is 10.2. The highest BCUT2D eigenvalue weighted by Gasteiger charge is 2.28. The van der Waals surface area contributed by atoms with E-state index in [1.165, 1.54) is 32.1 Å². The van der Waals surface area contributed by atoms with Gasteiger partial charge in [0.05, 0.1) is 12.5 Å². The van der Waals surface area contributed by atoms with E-state index in [0.29, 0.717) is 12.6 Å². The number of hydrogen-bond acceptors (Lipinski definition) is 3. The summed E-state index contributed by atoms with van der Waals surface area (Å²) in [5.41, 5.74) is 0. The van der Waals surface area contributed by atoms with Gasteiger partial charge in [0, 0.05) is 6.04 Å². The van der Waals surface area contributed by atoms with E-state index in [-0.39, 0.29) is 11.9 Å². The predicted molar refractivity (Wildman–Crippen MR) is 83.7 cm³/mol. The molecule has 0 spiro atoms. The Labute approximate surface area is 124 Å². The summed E-state index contributed by atoms with van der Waals surface area (Å²) >= 11 is 0. The van der Waals surface area contributed by atoms with Gasteiger partial charge in [-0.05, 0) is 45.1 Å². The van der Waals surface area contributed by atoms with Crippen molar-refractivity contribution < 1.29 is 9.53 Å². The molecule has 0 saturated heterocycles. The minimum absolute atomic E-state index is 0.0111. The van der Waals surface area contributed by atoms with E-state index < -0.39 is 0 Å². The fourth-order valence-corrected chi connectivity index (χ4v) is 3.13. The van der Waals surface area contributed by atoms with Crippen LogP contribution in [0.1, 0.15) is 72.1 Å². The molecule has 0 aromatic rings. The summed E-state index contributed by atoms with van der Waals surface area (Å²) < 4.78 is 5.16. The van der Waals surface area contributed by atoms with Crippen molar-refractivity contribution >= 4 is 5.97 Å². The molecule has 0 aromatic carbocycles. The molecule has 0 bridgehead atoms. The molecule has 0 radical (unpaired) electrons. The molecule has 118 valence electrons. The molecule has 3 heteroatoms. The maximum Gasteiger partial charge on any atom is 0.308 e. The first-order chi connectivity index (χ1) is 9.71. The molecule has 1 N–H and O–H groups in total. The zero-order chi connectivity index (χ0) is 14.8. The van der Waals surface area contributed by atoms with E-state index in [2.05, 4.69) is 19.2 Å². The minimum Gasteiger partial charge on any atom is -0.466 e. The molecular weight excluding hydrogens is 250 g/mol. The SMILES string of the molecule is CCCCC(CC)CNC1CCCC(C(=O)OCC)C1. The first kappa shape index (κ1) is 17.5. The second-order valence-corrected chi connectivity index (χ2v) is 6.14. The topological polar surface area (TPSA) is 38.3 Å². The molecule has 1 saturated carbocycles. The standard InChI is InChI=1S/C17H33NO2/c1-4-7-9-14(5-2)13-18-16-11-8-10-15(12-16)17(19)20-6-3/h14-16,18H,4-13H2,1-3H3. The first-order valence-electron chi connectivity index (χ1n) is 8.61. The number of ether oxygens (including phenoxy) is 1. The highest BCUT2D eigenvalue weighted by atomic mass is 16.5. The van der Waals surface area contributed by atoms with Gasteiger partial charge in [-0.2, -0.15) is 0 Å². The summed E-state index contributed by atoms with van der Waals surface area (Å²) in [6.45, 7) is 8.03. The molecule has 0 aliphatic heterocycles. The Hall–Kier alpha value is -0.570. The quantitative estimate of drug-likeness (QED) is 0.652. The van der Waals surface area contributed by atoms with Crippen LogP contribution in [0.4, 0.5) is 0 Å². The predicted octanol–water partition coefficient (Wildman–Crippen LogP) is 3.91. The van der Waals surface area contributed by atoms with Crippen molar-refractivity contribution in [3.8, 4) is 0 Å². The van der Waals surface area contributed by atoms with Crippen molar-refractivity contribution in [1.82, 2.24) is 5.32 Å². The maximum atomic E-state index is 11.8. The smallest absolute Gasteiger partial charge is 0.308 e. The van der Waals surface area contributed by atoms with E-state index in [0.717, 1.165) is 31.7 Å². The van der Waals surface area contributed by atoms with Crippen molar-refractivity contribution in [2.24, 2.45) is 11.8 Å². The molecule has 1 fully saturated rings. The highest BCUT2D eigenvalue weighted by Crippen LogP contribution is 2.26. The van der Waals surface area contributed by atoms with Gasteiger partial charge in [-0.3, -0.25) is 4.79 Å². The van der Waals surface area contributed by atoms with Crippen LogP contribution in [0.5, 0.6) is 0 Å². The van der Waals surface area contributed by atoms with Gasteiger partial charge in [0.2, 0.25) is 0 Å². The van der Waals surface area contributed by atoms with E-state index >= 15 is 0 Å². The fraction of sp³-hybridized carbons (Fsp3) is 0.941. The fourth-order valence-electron chi connectivity index (χ4n) is 3.13. The molecule has 1 rings (SSSR count). The Kier molecular flexibility index (Phi) is 8.92. The maximum absolute atomic E-state index is 11.8. The number of hydrogen-bond donors (Lipinski definition) is 1. The summed E-state index contributed by atoms with van der Waals surface area (Å²) in [6.07, 6.45) is 9.51. The Morgan fingerprint density at radius 3 is 2.75 bits per heavy atom. The van der Waals surface area contributed by atoms with Gasteiger partial charge in [0.1, 0.15) is 0 Å². The summed E-state index contributed by atoms with van der Waals surface area (Å²) in [6, 6.07) is 0.508. The average molecular weight is 283 g/mol. The van der Waals surface area contributed by atoms with Crippen molar-refractivity contribution in [2.45, 2.75) is 78.2 Å². The van der Waals surface area contributed by atoms with Crippen molar-refractivity contribution in [1.29, 1.82) is 0 Å². The van der Waals surface area contributed by atoms with Crippen LogP contribution < -0.4 is 5.32 Å². The van der Waals surface area contributed by atoms with E-state index in [9.17, 15) is 4.79 Å². The molecule has 1 aliphatic rings. The lowest BCUT2D eigenvalue weighted by molar-refractivity contribution is -0.149. The van der Waals surface area contributed by atoms with Gasteiger partial charge in [0.15, 0.2) is 0 Å². The summed E-state index contributed by atoms with van der Waals surface area (Å²) in [5, 5.41) is 3.70. The number of unbranched alkanes of at least 4 members (excludes halogenated alkanes) is 1. The Morgan fingerprint density at radius 2 is 2.10 bits per heavy atom. The zero-order valence-corrected chi connectivity index (χ0v) is 13.6. The van der Waals surface area contributed by atoms with Gasteiger partial charge < -0.3 is 10.1 Å². The molecule has 3 unspecified atom stereocenters. The lowest BCUT2D eigenvalue weighted by Gasteiger charge is -2.30. The third-order valence-corrected chi connectivity index (χ3v) is 4.53. The number of nitrogens with one attached hydrogen (secondary N) is 1. The Morgan fingerprint density at radius 1 is 1.30 bits per heavy atom. The van der Waals surface area contributed by atoms with Crippen molar-refractivity contribution in [3.05, 3.63) is 0 Å². The lowest BCUT2D eigenvalue weighted by atomic mass is 9.85. The van der Waals surface area contributed by atoms with E-state index in [4.69, 9.17) is 4.74 Å². The minimum atomic E-state index is 0.0111. The molecule has 0 heterocycles. The molecule has 3 nitrogen and oxygen atoms in total. The van der Waals surface area contributed by atoms with Crippen LogP contribution in [-0.2, 0) is 9.53 Å². The molecule has 3 atom stereocenters. The highest BCUT2D eigenvalue weighted by molar-refractivity contribution is 5.72. The van der Waals surface area contributed by atoms with Gasteiger partial charge in [-0.25, -0.2) is 0 Å². The van der Waals surface area contributed by atoms with Crippen molar-refractivity contribution in [3.63, 3.8) is 0 Å². The van der Waals surface area contributed by atoms with Gasteiger partial charge in [-0.1, -0.05) is 39.5 Å². The molecule has 0 amide bonds. The zero-order valence-electron chi connectivity index (χ0n) is 13.6. The van der Waals surface area contributed by atoms with Crippen molar-refractivity contribution in [2.75, 3.05) is 13.2 Å². The largest absolute Gasteiger partial charge is 0.466 e. The van der Waals surface area contributed by atoms with Gasteiger partial charge in [-0.15, -0.1) is 0 Å². The molecule has 1 aliphatic carbocycles. The summed E-state index contributed by atoms with van der Waals surface area (Å²) in [7, 11) is 0. The third-order valence-electron chi connectivity index (χ3n) is 4.53. The van der Waals surface area contributed by atoms with E-state index in [1.807, 2.05) is 6.92 Å². The van der Waals surface area contributed by atoms with Crippen LogP contribution in [0, 0.1) is 11.8 Å². The number of carbonyl (C=O) groups is 1. The normalized spacial score (nSPS) is 24.4. The third kappa shape index (κ3) is 6.25. The molecule has 0 aromatic heterocycles. The Bertz CT molecular complexity index is 268. The first-order valence-corrected chi connectivity index (χ1v) is 8.61.